The van der Waals surface area contributed by atoms with E-state index < -0.39 is 0 Å². The summed E-state index contributed by atoms with van der Waals surface area (Å²) in [5.41, 5.74) is 0. The average Bonchev–Trinajstić information content (AvgIpc) is 2.51. The van der Waals surface area contributed by atoms with Gasteiger partial charge in [0.25, 0.3) is 0 Å². The Bertz CT molecular complexity index is 106. The maximum atomic E-state index is 5.17. The van der Waals surface area contributed by atoms with E-state index in [0.717, 1.165) is 25.0 Å². The van der Waals surface area contributed by atoms with Gasteiger partial charge in [-0.2, -0.15) is 0 Å². The number of hydrogen-bond donors (Lipinski definition) is 0. The van der Waals surface area contributed by atoms with Gasteiger partial charge in [0.1, 0.15) is 6.79 Å². The number of rotatable bonds is 0. The lowest BCUT2D eigenvalue weighted by Gasteiger charge is -1.99. The third-order valence-electron chi connectivity index (χ3n) is 2.01. The summed E-state index contributed by atoms with van der Waals surface area (Å²) in [6, 6.07) is 0. The van der Waals surface area contributed by atoms with Gasteiger partial charge in [-0.3, -0.25) is 0 Å². The molecule has 2 rings (SSSR count). The van der Waals surface area contributed by atoms with Crippen molar-refractivity contribution in [1.29, 1.82) is 0 Å². The Hall–Kier alpha value is 0.400. The van der Waals surface area contributed by atoms with Crippen LogP contribution < -0.4 is 0 Å². The Morgan fingerprint density at radius 2 is 1.67 bits per heavy atom. The van der Waals surface area contributed by atoms with E-state index in [1.54, 1.807) is 0 Å². The number of fused-ring (bicyclic) bond motifs is 1. The van der Waals surface area contributed by atoms with E-state index in [-0.39, 0.29) is 0 Å². The van der Waals surface area contributed by atoms with Crippen molar-refractivity contribution < 1.29 is 9.47 Å². The Labute approximate surface area is 62.6 Å². The molecule has 1 saturated carbocycles. The van der Waals surface area contributed by atoms with Crippen molar-refractivity contribution in [3.05, 3.63) is 0 Å². The van der Waals surface area contributed by atoms with Crippen molar-refractivity contribution in [2.45, 2.75) is 4.83 Å². The summed E-state index contributed by atoms with van der Waals surface area (Å²) < 4.78 is 10.3. The van der Waals surface area contributed by atoms with Crippen LogP contribution in [0.3, 0.4) is 0 Å². The summed E-state index contributed by atoms with van der Waals surface area (Å²) in [5.74, 6) is 1.46. The summed E-state index contributed by atoms with van der Waals surface area (Å²) in [6.07, 6.45) is 0. The van der Waals surface area contributed by atoms with Crippen LogP contribution in [0.4, 0.5) is 0 Å². The zero-order valence-electron chi connectivity index (χ0n) is 5.05. The highest BCUT2D eigenvalue weighted by Gasteiger charge is 2.49. The molecular weight excluding hydrogens is 184 g/mol. The molecule has 0 radical (unpaired) electrons. The van der Waals surface area contributed by atoms with Gasteiger partial charge in [0.05, 0.1) is 13.2 Å². The van der Waals surface area contributed by atoms with Gasteiger partial charge in [0.2, 0.25) is 0 Å². The minimum absolute atomic E-state index is 0.493. The summed E-state index contributed by atoms with van der Waals surface area (Å²) in [4.78, 5) is 0.665. The highest BCUT2D eigenvalue weighted by Crippen LogP contribution is 2.46. The second-order valence-electron chi connectivity index (χ2n) is 2.63. The number of ether oxygens (including phenoxy) is 2. The standard InChI is InChI=1S/C6H9BrO2/c7-6-4-1-8-3-9-2-5(4)6/h4-6H,1-3H2/t4-,5+,6-. The smallest absolute Gasteiger partial charge is 0.146 e. The van der Waals surface area contributed by atoms with Crippen LogP contribution in [0.1, 0.15) is 0 Å². The molecule has 0 N–H and O–H groups in total. The average molecular weight is 193 g/mol. The molecule has 3 heteroatoms. The van der Waals surface area contributed by atoms with Crippen LogP contribution in [0.25, 0.3) is 0 Å². The number of halogens is 1. The summed E-state index contributed by atoms with van der Waals surface area (Å²) in [5, 5.41) is 0. The first kappa shape index (κ1) is 6.13. The molecule has 0 aromatic carbocycles. The first-order chi connectivity index (χ1) is 4.39. The van der Waals surface area contributed by atoms with E-state index in [1.807, 2.05) is 0 Å². The largest absolute Gasteiger partial charge is 0.355 e. The maximum absolute atomic E-state index is 5.17. The van der Waals surface area contributed by atoms with Crippen molar-refractivity contribution in [2.24, 2.45) is 11.8 Å². The minimum Gasteiger partial charge on any atom is -0.355 e. The molecule has 0 aromatic rings. The third kappa shape index (κ3) is 1.02. The second-order valence-corrected chi connectivity index (χ2v) is 3.69. The molecule has 1 heterocycles. The fourth-order valence-electron chi connectivity index (χ4n) is 1.26. The number of hydrogen-bond acceptors (Lipinski definition) is 2. The highest BCUT2D eigenvalue weighted by atomic mass is 79.9. The molecule has 3 atom stereocenters. The third-order valence-corrected chi connectivity index (χ3v) is 3.37. The molecule has 52 valence electrons. The maximum Gasteiger partial charge on any atom is 0.146 e. The van der Waals surface area contributed by atoms with Crippen molar-refractivity contribution >= 4 is 15.9 Å². The van der Waals surface area contributed by atoms with Gasteiger partial charge in [0, 0.05) is 16.7 Å². The van der Waals surface area contributed by atoms with Crippen LogP contribution in [-0.2, 0) is 9.47 Å². The van der Waals surface area contributed by atoms with Crippen LogP contribution in [0.15, 0.2) is 0 Å². The van der Waals surface area contributed by atoms with Gasteiger partial charge in [-0.05, 0) is 0 Å². The lowest BCUT2D eigenvalue weighted by Crippen LogP contribution is -2.01. The van der Waals surface area contributed by atoms with E-state index in [9.17, 15) is 0 Å². The Morgan fingerprint density at radius 3 is 2.22 bits per heavy atom. The molecule has 9 heavy (non-hydrogen) atoms. The van der Waals surface area contributed by atoms with E-state index in [2.05, 4.69) is 15.9 Å². The lowest BCUT2D eigenvalue weighted by molar-refractivity contribution is -0.0415. The van der Waals surface area contributed by atoms with Crippen LogP contribution in [-0.4, -0.2) is 24.8 Å². The van der Waals surface area contributed by atoms with E-state index >= 15 is 0 Å². The molecule has 0 bridgehead atoms. The zero-order valence-corrected chi connectivity index (χ0v) is 6.63. The number of alkyl halides is 1. The predicted molar refractivity (Wildman–Crippen MR) is 36.5 cm³/mol. The van der Waals surface area contributed by atoms with Gasteiger partial charge in [-0.1, -0.05) is 15.9 Å². The van der Waals surface area contributed by atoms with Gasteiger partial charge in [-0.15, -0.1) is 0 Å². The molecule has 2 aliphatic rings. The Kier molecular flexibility index (Phi) is 1.51. The van der Waals surface area contributed by atoms with Crippen LogP contribution in [0.2, 0.25) is 0 Å². The normalized spacial score (nSPS) is 49.7. The molecule has 2 fully saturated rings. The van der Waals surface area contributed by atoms with Gasteiger partial charge in [-0.25, -0.2) is 0 Å². The molecule has 0 unspecified atom stereocenters. The first-order valence-corrected chi connectivity index (χ1v) is 4.11. The first-order valence-electron chi connectivity index (χ1n) is 3.19. The summed E-state index contributed by atoms with van der Waals surface area (Å²) in [6.45, 7) is 2.24. The van der Waals surface area contributed by atoms with Crippen molar-refractivity contribution in [3.63, 3.8) is 0 Å². The SMILES string of the molecule is Br[C@H]1[C@H]2COCOC[C@@H]12. The van der Waals surface area contributed by atoms with Crippen LogP contribution in [0.5, 0.6) is 0 Å². The van der Waals surface area contributed by atoms with Gasteiger partial charge >= 0.3 is 0 Å². The molecule has 1 aliphatic carbocycles. The molecule has 2 nitrogen and oxygen atoms in total. The second kappa shape index (κ2) is 2.22. The summed E-state index contributed by atoms with van der Waals surface area (Å²) >= 11 is 3.55. The highest BCUT2D eigenvalue weighted by molar-refractivity contribution is 9.09. The van der Waals surface area contributed by atoms with Crippen LogP contribution >= 0.6 is 15.9 Å². The molecule has 0 amide bonds. The lowest BCUT2D eigenvalue weighted by atomic mass is 10.3. The van der Waals surface area contributed by atoms with Crippen molar-refractivity contribution in [3.8, 4) is 0 Å². The molecular formula is C6H9BrO2. The Morgan fingerprint density at radius 1 is 1.11 bits per heavy atom. The van der Waals surface area contributed by atoms with Crippen molar-refractivity contribution in [2.75, 3.05) is 20.0 Å². The van der Waals surface area contributed by atoms with Crippen LogP contribution in [0, 0.1) is 11.8 Å². The predicted octanol–water partition coefficient (Wildman–Crippen LogP) is 1.00. The molecule has 0 spiro atoms. The monoisotopic (exact) mass is 192 g/mol. The molecule has 1 aliphatic heterocycles. The van der Waals surface area contributed by atoms with E-state index in [0.29, 0.717) is 11.6 Å². The molecule has 1 saturated heterocycles. The van der Waals surface area contributed by atoms with E-state index in [4.69, 9.17) is 9.47 Å². The quantitative estimate of drug-likeness (QED) is 0.534. The minimum atomic E-state index is 0.493. The van der Waals surface area contributed by atoms with E-state index in [1.165, 1.54) is 0 Å². The molecule has 0 aromatic heterocycles. The van der Waals surface area contributed by atoms with Crippen molar-refractivity contribution in [1.82, 2.24) is 0 Å². The topological polar surface area (TPSA) is 18.5 Å². The van der Waals surface area contributed by atoms with Gasteiger partial charge < -0.3 is 9.47 Å². The fraction of sp³-hybridized carbons (Fsp3) is 1.00. The fourth-order valence-corrected chi connectivity index (χ4v) is 2.17. The van der Waals surface area contributed by atoms with Gasteiger partial charge in [0.15, 0.2) is 0 Å². The summed E-state index contributed by atoms with van der Waals surface area (Å²) in [7, 11) is 0. The zero-order chi connectivity index (χ0) is 6.27. The Balaban J connectivity index is 1.93.